The molecule has 4 rings (SSSR count). The van der Waals surface area contributed by atoms with Gasteiger partial charge in [-0.1, -0.05) is 38.1 Å². The number of anilines is 2. The molecule has 6 nitrogen and oxygen atoms in total. The molecule has 0 aliphatic carbocycles. The van der Waals surface area contributed by atoms with Gasteiger partial charge >= 0.3 is 0 Å². The summed E-state index contributed by atoms with van der Waals surface area (Å²) in [4.78, 5) is 22.3. The lowest BCUT2D eigenvalue weighted by atomic mass is 9.78. The summed E-state index contributed by atoms with van der Waals surface area (Å²) in [6.45, 7) is 7.32. The van der Waals surface area contributed by atoms with E-state index in [1.807, 2.05) is 72.8 Å². The normalized spacial score (nSPS) is 10.9. The highest BCUT2D eigenvalue weighted by molar-refractivity contribution is 5.89. The predicted octanol–water partition coefficient (Wildman–Crippen LogP) is 7.51. The summed E-state index contributed by atoms with van der Waals surface area (Å²) in [5.41, 5.74) is 3.55. The smallest absolute Gasteiger partial charge is 0.221 e. The molecule has 0 aliphatic rings. The fourth-order valence-corrected chi connectivity index (χ4v) is 3.94. The van der Waals surface area contributed by atoms with E-state index >= 15 is 0 Å². The number of rotatable bonds is 8. The standard InChI is InChI=1S/C31H30N2O4/c1-21(34)32-25-9-17-29(18-10-25)36-27-13-5-23(6-14-27)31(3,4)24-7-15-28(16-8-24)37-30-19-11-26(12-20-30)33-22(2)35/h5-20H,1-4H3,(H,32,34)(H,33,35). The Morgan fingerprint density at radius 2 is 0.784 bits per heavy atom. The zero-order chi connectivity index (χ0) is 26.4. The fourth-order valence-electron chi connectivity index (χ4n) is 3.94. The van der Waals surface area contributed by atoms with Crippen LogP contribution < -0.4 is 20.1 Å². The van der Waals surface area contributed by atoms with Gasteiger partial charge in [0, 0.05) is 30.6 Å². The molecule has 0 aromatic heterocycles. The van der Waals surface area contributed by atoms with Crippen LogP contribution in [0.5, 0.6) is 23.0 Å². The minimum atomic E-state index is -0.225. The Morgan fingerprint density at radius 1 is 0.514 bits per heavy atom. The highest BCUT2D eigenvalue weighted by Crippen LogP contribution is 2.35. The Labute approximate surface area is 217 Å². The van der Waals surface area contributed by atoms with Crippen LogP contribution in [0.2, 0.25) is 0 Å². The van der Waals surface area contributed by atoms with Gasteiger partial charge in [-0.05, 0) is 83.9 Å². The molecular formula is C31H30N2O4. The number of amides is 2. The molecule has 4 aromatic rings. The number of hydrogen-bond acceptors (Lipinski definition) is 4. The summed E-state index contributed by atoms with van der Waals surface area (Å²) in [5, 5.41) is 5.49. The van der Waals surface area contributed by atoms with E-state index in [2.05, 4.69) is 48.7 Å². The highest BCUT2D eigenvalue weighted by atomic mass is 16.5. The van der Waals surface area contributed by atoms with Gasteiger partial charge in [0.05, 0.1) is 0 Å². The topological polar surface area (TPSA) is 76.7 Å². The molecule has 2 amide bonds. The summed E-state index contributed by atoms with van der Waals surface area (Å²) in [6, 6.07) is 30.6. The zero-order valence-corrected chi connectivity index (χ0v) is 21.4. The maximum absolute atomic E-state index is 11.2. The maximum Gasteiger partial charge on any atom is 0.221 e. The van der Waals surface area contributed by atoms with Gasteiger partial charge < -0.3 is 20.1 Å². The van der Waals surface area contributed by atoms with Gasteiger partial charge in [-0.15, -0.1) is 0 Å². The van der Waals surface area contributed by atoms with E-state index in [9.17, 15) is 9.59 Å². The van der Waals surface area contributed by atoms with Crippen LogP contribution in [0, 0.1) is 0 Å². The third-order valence-electron chi connectivity index (χ3n) is 5.97. The third-order valence-corrected chi connectivity index (χ3v) is 5.97. The minimum absolute atomic E-state index is 0.108. The Kier molecular flexibility index (Phi) is 7.58. The SMILES string of the molecule is CC(=O)Nc1ccc(Oc2ccc(C(C)(C)c3ccc(Oc4ccc(NC(C)=O)cc4)cc3)cc2)cc1. The number of carbonyl (C=O) groups excluding carboxylic acids is 2. The van der Waals surface area contributed by atoms with E-state index in [1.54, 1.807) is 0 Å². The molecule has 0 unspecified atom stereocenters. The average molecular weight is 495 g/mol. The van der Waals surface area contributed by atoms with E-state index in [0.717, 1.165) is 34.0 Å². The first-order valence-corrected chi connectivity index (χ1v) is 12.0. The number of hydrogen-bond donors (Lipinski definition) is 2. The van der Waals surface area contributed by atoms with Gasteiger partial charge in [-0.2, -0.15) is 0 Å². The van der Waals surface area contributed by atoms with Crippen LogP contribution in [-0.2, 0) is 15.0 Å². The van der Waals surface area contributed by atoms with E-state index in [0.29, 0.717) is 11.5 Å². The summed E-state index contributed by atoms with van der Waals surface area (Å²) in [7, 11) is 0. The van der Waals surface area contributed by atoms with Gasteiger partial charge in [-0.25, -0.2) is 0 Å². The van der Waals surface area contributed by atoms with Crippen LogP contribution >= 0.6 is 0 Å². The highest BCUT2D eigenvalue weighted by Gasteiger charge is 2.23. The molecule has 0 saturated carbocycles. The van der Waals surface area contributed by atoms with E-state index in [-0.39, 0.29) is 17.2 Å². The molecule has 6 heteroatoms. The second-order valence-electron chi connectivity index (χ2n) is 9.29. The first-order chi connectivity index (χ1) is 17.7. The number of benzene rings is 4. The molecule has 0 atom stereocenters. The molecule has 37 heavy (non-hydrogen) atoms. The van der Waals surface area contributed by atoms with Crippen molar-refractivity contribution in [1.82, 2.24) is 0 Å². The Hall–Kier alpha value is -4.58. The van der Waals surface area contributed by atoms with Crippen molar-refractivity contribution < 1.29 is 19.1 Å². The van der Waals surface area contributed by atoms with Gasteiger partial charge in [0.25, 0.3) is 0 Å². The minimum Gasteiger partial charge on any atom is -0.457 e. The van der Waals surface area contributed by atoms with Crippen LogP contribution in [0.3, 0.4) is 0 Å². The second kappa shape index (κ2) is 11.0. The second-order valence-corrected chi connectivity index (χ2v) is 9.29. The molecule has 0 saturated heterocycles. The molecule has 0 aliphatic heterocycles. The van der Waals surface area contributed by atoms with Gasteiger partial charge in [-0.3, -0.25) is 9.59 Å². The first kappa shape index (κ1) is 25.5. The summed E-state index contributed by atoms with van der Waals surface area (Å²) in [5.74, 6) is 2.65. The van der Waals surface area contributed by atoms with Crippen molar-refractivity contribution in [2.75, 3.05) is 10.6 Å². The lowest BCUT2D eigenvalue weighted by Crippen LogP contribution is -2.18. The molecule has 0 radical (unpaired) electrons. The quantitative estimate of drug-likeness (QED) is 0.266. The Morgan fingerprint density at radius 3 is 1.05 bits per heavy atom. The van der Waals surface area contributed by atoms with Crippen molar-refractivity contribution in [2.45, 2.75) is 33.1 Å². The van der Waals surface area contributed by atoms with Gasteiger partial charge in [0.15, 0.2) is 0 Å². The third kappa shape index (κ3) is 6.76. The summed E-state index contributed by atoms with van der Waals surface area (Å²) >= 11 is 0. The lowest BCUT2D eigenvalue weighted by molar-refractivity contribution is -0.115. The van der Waals surface area contributed by atoms with Crippen molar-refractivity contribution in [3.8, 4) is 23.0 Å². The van der Waals surface area contributed by atoms with Crippen LogP contribution in [0.25, 0.3) is 0 Å². The Bertz CT molecular complexity index is 1250. The molecule has 4 aromatic carbocycles. The summed E-state index contributed by atoms with van der Waals surface area (Å²) < 4.78 is 11.9. The lowest BCUT2D eigenvalue weighted by Gasteiger charge is -2.26. The van der Waals surface area contributed by atoms with Crippen LogP contribution in [0.1, 0.15) is 38.8 Å². The largest absolute Gasteiger partial charge is 0.457 e. The molecule has 0 heterocycles. The van der Waals surface area contributed by atoms with Crippen LogP contribution in [0.4, 0.5) is 11.4 Å². The maximum atomic E-state index is 11.2. The number of carbonyl (C=O) groups is 2. The first-order valence-electron chi connectivity index (χ1n) is 12.0. The van der Waals surface area contributed by atoms with Crippen LogP contribution in [-0.4, -0.2) is 11.8 Å². The number of nitrogens with one attached hydrogen (secondary N) is 2. The van der Waals surface area contributed by atoms with E-state index in [4.69, 9.17) is 9.47 Å². The van der Waals surface area contributed by atoms with Gasteiger partial charge in [0.2, 0.25) is 11.8 Å². The van der Waals surface area contributed by atoms with Crippen molar-refractivity contribution in [3.05, 3.63) is 108 Å². The fraction of sp³-hybridized carbons (Fsp3) is 0.161. The molecular weight excluding hydrogens is 464 g/mol. The zero-order valence-electron chi connectivity index (χ0n) is 21.4. The molecule has 0 spiro atoms. The van der Waals surface area contributed by atoms with Crippen molar-refractivity contribution in [1.29, 1.82) is 0 Å². The Balaban J connectivity index is 1.40. The monoisotopic (exact) mass is 494 g/mol. The van der Waals surface area contributed by atoms with Crippen LogP contribution in [0.15, 0.2) is 97.1 Å². The summed E-state index contributed by atoms with van der Waals surface area (Å²) in [6.07, 6.45) is 0. The van der Waals surface area contributed by atoms with Crippen molar-refractivity contribution >= 4 is 23.2 Å². The van der Waals surface area contributed by atoms with Crippen molar-refractivity contribution in [2.24, 2.45) is 0 Å². The molecule has 0 bridgehead atoms. The predicted molar refractivity (Wildman–Crippen MR) is 147 cm³/mol. The molecule has 188 valence electrons. The number of ether oxygens (including phenoxy) is 2. The average Bonchev–Trinajstić information content (AvgIpc) is 2.86. The molecule has 0 fully saturated rings. The van der Waals surface area contributed by atoms with E-state index in [1.165, 1.54) is 13.8 Å². The van der Waals surface area contributed by atoms with Crippen molar-refractivity contribution in [3.63, 3.8) is 0 Å². The van der Waals surface area contributed by atoms with Gasteiger partial charge in [0.1, 0.15) is 23.0 Å². The molecule has 2 N–H and O–H groups in total. The van der Waals surface area contributed by atoms with E-state index < -0.39 is 0 Å².